The van der Waals surface area contributed by atoms with Gasteiger partial charge in [0.2, 0.25) is 0 Å². The smallest absolute Gasteiger partial charge is 0.0747 e. The average molecular weight is 751 g/mol. The van der Waals surface area contributed by atoms with Crippen molar-refractivity contribution in [2.45, 2.75) is 5.41 Å². The second-order valence-corrected chi connectivity index (χ2v) is 15.6. The van der Waals surface area contributed by atoms with E-state index in [-0.39, 0.29) is 0 Å². The fourth-order valence-corrected chi connectivity index (χ4v) is 10.4. The van der Waals surface area contributed by atoms with Gasteiger partial charge < -0.3 is 9.80 Å². The zero-order valence-electron chi connectivity index (χ0n) is 32.3. The van der Waals surface area contributed by atoms with Crippen LogP contribution in [-0.4, -0.2) is 0 Å². The van der Waals surface area contributed by atoms with Gasteiger partial charge >= 0.3 is 0 Å². The number of hydrogen-bond acceptors (Lipinski definition) is 2. The van der Waals surface area contributed by atoms with Gasteiger partial charge in [-0.05, 0) is 104 Å². The van der Waals surface area contributed by atoms with Crippen molar-refractivity contribution in [2.24, 2.45) is 0 Å². The molecule has 0 N–H and O–H groups in total. The maximum absolute atomic E-state index is 2.49. The van der Waals surface area contributed by atoms with Gasteiger partial charge in [-0.15, -0.1) is 0 Å². The summed E-state index contributed by atoms with van der Waals surface area (Å²) in [6.07, 6.45) is 0. The Balaban J connectivity index is 1.25. The summed E-state index contributed by atoms with van der Waals surface area (Å²) in [7, 11) is 0. The summed E-state index contributed by atoms with van der Waals surface area (Å²) in [4.78, 5) is 4.97. The fraction of sp³-hybridized carbons (Fsp3) is 0.0175. The third kappa shape index (κ3) is 4.81. The van der Waals surface area contributed by atoms with Crippen LogP contribution in [-0.2, 0) is 5.41 Å². The van der Waals surface area contributed by atoms with Gasteiger partial charge in [0.15, 0.2) is 0 Å². The maximum Gasteiger partial charge on any atom is 0.0747 e. The second kappa shape index (κ2) is 13.2. The molecule has 0 heterocycles. The van der Waals surface area contributed by atoms with Crippen molar-refractivity contribution in [2.75, 3.05) is 9.80 Å². The average Bonchev–Trinajstić information content (AvgIpc) is 3.79. The molecule has 1 unspecified atom stereocenters. The minimum absolute atomic E-state index is 0.629. The highest BCUT2D eigenvalue weighted by Crippen LogP contribution is 2.68. The van der Waals surface area contributed by atoms with Crippen molar-refractivity contribution < 1.29 is 0 Å². The molecular formula is C57H38N2. The van der Waals surface area contributed by atoms with E-state index >= 15 is 0 Å². The lowest BCUT2D eigenvalue weighted by Gasteiger charge is -2.36. The summed E-state index contributed by atoms with van der Waals surface area (Å²) in [5, 5.41) is 4.91. The molecule has 0 aromatic heterocycles. The van der Waals surface area contributed by atoms with Crippen molar-refractivity contribution in [1.82, 2.24) is 0 Å². The van der Waals surface area contributed by atoms with Gasteiger partial charge in [-0.1, -0.05) is 176 Å². The van der Waals surface area contributed by atoms with E-state index in [1.807, 2.05) is 0 Å². The van der Waals surface area contributed by atoms with Crippen molar-refractivity contribution in [3.05, 3.63) is 253 Å². The lowest BCUT2D eigenvalue weighted by Crippen LogP contribution is -2.28. The van der Waals surface area contributed by atoms with Gasteiger partial charge in [-0.3, -0.25) is 0 Å². The monoisotopic (exact) mass is 750 g/mol. The minimum Gasteiger partial charge on any atom is -0.310 e. The number of hydrogen-bond donors (Lipinski definition) is 0. The van der Waals surface area contributed by atoms with Crippen molar-refractivity contribution in [3.63, 3.8) is 0 Å². The molecule has 0 fully saturated rings. The molecule has 2 nitrogen and oxygen atoms in total. The Morgan fingerprint density at radius 2 is 0.746 bits per heavy atom. The molecule has 0 saturated heterocycles. The Labute approximate surface area is 344 Å². The summed E-state index contributed by atoms with van der Waals surface area (Å²) in [5.74, 6) is 0. The van der Waals surface area contributed by atoms with E-state index in [4.69, 9.17) is 0 Å². The fourth-order valence-electron chi connectivity index (χ4n) is 10.4. The van der Waals surface area contributed by atoms with E-state index < -0.39 is 5.41 Å². The molecule has 2 aliphatic rings. The van der Waals surface area contributed by atoms with E-state index in [9.17, 15) is 0 Å². The zero-order chi connectivity index (χ0) is 38.9. The predicted molar refractivity (Wildman–Crippen MR) is 247 cm³/mol. The highest BCUT2D eigenvalue weighted by molar-refractivity contribution is 6.12. The van der Waals surface area contributed by atoms with Crippen LogP contribution in [0.1, 0.15) is 22.3 Å². The molecule has 0 radical (unpaired) electrons. The summed E-state index contributed by atoms with van der Waals surface area (Å²) in [6.45, 7) is 0. The molecule has 0 saturated carbocycles. The number of rotatable bonds is 6. The Hall–Kier alpha value is -7.68. The molecule has 12 rings (SSSR count). The van der Waals surface area contributed by atoms with Crippen LogP contribution in [0.25, 0.3) is 43.8 Å². The topological polar surface area (TPSA) is 6.48 Å². The first-order valence-electron chi connectivity index (χ1n) is 20.4. The quantitative estimate of drug-likeness (QED) is 0.167. The van der Waals surface area contributed by atoms with Gasteiger partial charge in [0.1, 0.15) is 0 Å². The van der Waals surface area contributed by atoms with E-state index in [0.29, 0.717) is 0 Å². The molecule has 0 amide bonds. The van der Waals surface area contributed by atoms with E-state index in [1.54, 1.807) is 0 Å². The summed E-state index contributed by atoms with van der Waals surface area (Å²) in [5.41, 5.74) is 16.5. The predicted octanol–water partition coefficient (Wildman–Crippen LogP) is 15.3. The standard InChI is InChI=1S/C57H38N2/c1-4-23-41(24-5-1)58(42-25-6-2-7-26-42)53-38-40-21-11-13-30-45(40)54-46-31-14-16-33-48(46)57(56(53)54)49-34-17-15-32-47(49)55-50(57)35-19-37-52(55)59(43-27-8-3-9-28-43)51-36-18-22-39-20-10-12-29-44(39)51/h1-38H. The highest BCUT2D eigenvalue weighted by Gasteiger charge is 2.54. The number of nitrogens with zero attached hydrogens (tertiary/aromatic N) is 2. The lowest BCUT2D eigenvalue weighted by atomic mass is 9.69. The Kier molecular flexibility index (Phi) is 7.48. The first-order valence-corrected chi connectivity index (χ1v) is 20.4. The van der Waals surface area contributed by atoms with Crippen LogP contribution in [0.3, 0.4) is 0 Å². The molecule has 0 aliphatic heterocycles. The summed E-state index contributed by atoms with van der Waals surface area (Å²) in [6, 6.07) is 84.8. The van der Waals surface area contributed by atoms with Crippen LogP contribution in [0.4, 0.5) is 34.1 Å². The van der Waals surface area contributed by atoms with Gasteiger partial charge in [-0.25, -0.2) is 0 Å². The van der Waals surface area contributed by atoms with E-state index in [0.717, 1.165) is 28.4 Å². The largest absolute Gasteiger partial charge is 0.310 e. The minimum atomic E-state index is -0.629. The molecule has 2 heteroatoms. The van der Waals surface area contributed by atoms with Gasteiger partial charge in [0.05, 0.1) is 22.5 Å². The Morgan fingerprint density at radius 1 is 0.288 bits per heavy atom. The molecule has 0 bridgehead atoms. The van der Waals surface area contributed by atoms with Crippen LogP contribution in [0.5, 0.6) is 0 Å². The molecule has 1 atom stereocenters. The first kappa shape index (κ1) is 33.5. The lowest BCUT2D eigenvalue weighted by molar-refractivity contribution is 0.793. The van der Waals surface area contributed by atoms with E-state index in [1.165, 1.54) is 71.7 Å². The summed E-state index contributed by atoms with van der Waals surface area (Å²) >= 11 is 0. The number of anilines is 6. The number of benzene rings is 10. The number of para-hydroxylation sites is 3. The van der Waals surface area contributed by atoms with Crippen LogP contribution in [0.2, 0.25) is 0 Å². The molecule has 2 aliphatic carbocycles. The van der Waals surface area contributed by atoms with Crippen LogP contribution >= 0.6 is 0 Å². The SMILES string of the molecule is c1ccc(N(c2ccccc2)c2cc3ccccc3c3c2C2(c4ccccc4-c4c(N(c5ccccc5)c5cccc6ccccc56)cccc42)c2ccccc2-3)cc1. The zero-order valence-corrected chi connectivity index (χ0v) is 32.3. The van der Waals surface area contributed by atoms with Crippen molar-refractivity contribution in [3.8, 4) is 22.3 Å². The van der Waals surface area contributed by atoms with Crippen LogP contribution in [0, 0.1) is 0 Å². The van der Waals surface area contributed by atoms with E-state index in [2.05, 4.69) is 240 Å². The van der Waals surface area contributed by atoms with Gasteiger partial charge in [0, 0.05) is 33.6 Å². The summed E-state index contributed by atoms with van der Waals surface area (Å²) < 4.78 is 0. The Bertz CT molecular complexity index is 3180. The van der Waals surface area contributed by atoms with Crippen LogP contribution in [0.15, 0.2) is 231 Å². The van der Waals surface area contributed by atoms with Crippen molar-refractivity contribution >= 4 is 55.7 Å². The molecule has 10 aromatic rings. The number of fused-ring (bicyclic) bond motifs is 13. The third-order valence-corrected chi connectivity index (χ3v) is 12.6. The molecular weight excluding hydrogens is 713 g/mol. The highest BCUT2D eigenvalue weighted by atomic mass is 15.2. The molecule has 10 aromatic carbocycles. The first-order chi connectivity index (χ1) is 29.3. The van der Waals surface area contributed by atoms with Crippen molar-refractivity contribution in [1.29, 1.82) is 0 Å². The molecule has 59 heavy (non-hydrogen) atoms. The van der Waals surface area contributed by atoms with Crippen LogP contribution < -0.4 is 9.80 Å². The van der Waals surface area contributed by atoms with Gasteiger partial charge in [0.25, 0.3) is 0 Å². The third-order valence-electron chi connectivity index (χ3n) is 12.6. The Morgan fingerprint density at radius 3 is 1.41 bits per heavy atom. The second-order valence-electron chi connectivity index (χ2n) is 15.6. The van der Waals surface area contributed by atoms with Gasteiger partial charge in [-0.2, -0.15) is 0 Å². The molecule has 276 valence electrons. The normalized spacial score (nSPS) is 14.5. The molecule has 1 spiro atoms. The maximum atomic E-state index is 2.49.